The molecule has 0 saturated heterocycles. The van der Waals surface area contributed by atoms with E-state index in [0.717, 1.165) is 0 Å². The average molecular weight is 390 g/mol. The fraction of sp³-hybridized carbons (Fsp3) is 0.333. The first kappa shape index (κ1) is 17.4. The van der Waals surface area contributed by atoms with Gasteiger partial charge in [0.2, 0.25) is 0 Å². The van der Waals surface area contributed by atoms with Gasteiger partial charge in [-0.3, -0.25) is 0 Å². The van der Waals surface area contributed by atoms with Crippen LogP contribution in [0.3, 0.4) is 0 Å². The Kier molecular flexibility index (Phi) is 3.94. The molecule has 0 bridgehead atoms. The maximum atomic E-state index is 13.5. The summed E-state index contributed by atoms with van der Waals surface area (Å²) >= 11 is 16.7. The molecule has 2 aromatic heterocycles. The molecule has 0 amide bonds. The molecule has 22 heavy (non-hydrogen) atoms. The van der Waals surface area contributed by atoms with Crippen molar-refractivity contribution < 1.29 is 30.7 Å². The number of rotatable bonds is 2. The summed E-state index contributed by atoms with van der Waals surface area (Å²) in [7, 11) is 0. The third-order valence-electron chi connectivity index (χ3n) is 2.53. The van der Waals surface area contributed by atoms with Crippen molar-refractivity contribution in [1.82, 2.24) is 15.0 Å². The first-order valence-electron chi connectivity index (χ1n) is 5.03. The number of H-pyrrole nitrogens is 1. The Morgan fingerprint density at radius 1 is 0.818 bits per heavy atom. The number of hydrogen-bond acceptors (Lipinski definition) is 2. The standard InChI is InChI=1S/C9HCl3F7N3/c10-1-2(11)4(12)21-5-3(1)20-6(22-5)7(13,14)8(15,16)9(17,18)19/h(H,20,21,22). The molecule has 0 atom stereocenters. The zero-order valence-electron chi connectivity index (χ0n) is 9.67. The summed E-state index contributed by atoms with van der Waals surface area (Å²) in [5.74, 6) is -14.0. The summed E-state index contributed by atoms with van der Waals surface area (Å²) in [6, 6.07) is 0. The van der Waals surface area contributed by atoms with Crippen molar-refractivity contribution in [1.29, 1.82) is 0 Å². The van der Waals surface area contributed by atoms with E-state index < -0.39 is 50.2 Å². The van der Waals surface area contributed by atoms with Gasteiger partial charge in [-0.05, 0) is 0 Å². The van der Waals surface area contributed by atoms with Gasteiger partial charge in [-0.1, -0.05) is 34.8 Å². The van der Waals surface area contributed by atoms with E-state index >= 15 is 0 Å². The highest BCUT2D eigenvalue weighted by Crippen LogP contribution is 2.51. The summed E-state index contributed by atoms with van der Waals surface area (Å²) in [6.45, 7) is 0. The van der Waals surface area contributed by atoms with Crippen molar-refractivity contribution in [2.75, 3.05) is 0 Å². The predicted molar refractivity (Wildman–Crippen MR) is 63.8 cm³/mol. The quantitative estimate of drug-likeness (QED) is 0.565. The van der Waals surface area contributed by atoms with Crippen LogP contribution in [0.4, 0.5) is 30.7 Å². The lowest BCUT2D eigenvalue weighted by molar-refractivity contribution is -0.361. The van der Waals surface area contributed by atoms with E-state index in [1.54, 1.807) is 4.98 Å². The molecule has 13 heteroatoms. The van der Waals surface area contributed by atoms with Crippen molar-refractivity contribution in [3.63, 3.8) is 0 Å². The number of fused-ring (bicyclic) bond motifs is 1. The molecule has 3 nitrogen and oxygen atoms in total. The number of aromatic amines is 1. The summed E-state index contributed by atoms with van der Waals surface area (Å²) < 4.78 is 89.2. The highest BCUT2D eigenvalue weighted by molar-refractivity contribution is 6.49. The molecule has 1 N–H and O–H groups in total. The van der Waals surface area contributed by atoms with Crippen molar-refractivity contribution in [2.45, 2.75) is 18.0 Å². The van der Waals surface area contributed by atoms with Gasteiger partial charge in [-0.15, -0.1) is 0 Å². The lowest BCUT2D eigenvalue weighted by atomic mass is 10.1. The van der Waals surface area contributed by atoms with Crippen LogP contribution in [0, 0.1) is 0 Å². The molecule has 0 aliphatic heterocycles. The molecule has 0 aliphatic carbocycles. The van der Waals surface area contributed by atoms with E-state index in [1.807, 2.05) is 0 Å². The third-order valence-corrected chi connectivity index (χ3v) is 3.74. The second-order valence-corrected chi connectivity index (χ2v) is 5.08. The van der Waals surface area contributed by atoms with Gasteiger partial charge in [0.05, 0.1) is 10.0 Å². The van der Waals surface area contributed by atoms with E-state index in [9.17, 15) is 30.7 Å². The SMILES string of the molecule is FC(F)(F)C(F)(F)C(F)(F)c1nc2nc(Cl)c(Cl)c(Cl)c2[nH]1. The van der Waals surface area contributed by atoms with Crippen molar-refractivity contribution in [3.05, 3.63) is 21.0 Å². The number of pyridine rings is 1. The van der Waals surface area contributed by atoms with Crippen LogP contribution in [0.15, 0.2) is 0 Å². The van der Waals surface area contributed by atoms with Crippen LogP contribution in [-0.2, 0) is 5.92 Å². The summed E-state index contributed by atoms with van der Waals surface area (Å²) in [5, 5.41) is -1.39. The molecule has 0 saturated carbocycles. The van der Waals surface area contributed by atoms with Crippen LogP contribution >= 0.6 is 34.8 Å². The zero-order valence-corrected chi connectivity index (χ0v) is 11.9. The van der Waals surface area contributed by atoms with Gasteiger partial charge in [0.15, 0.2) is 16.6 Å². The normalized spacial score (nSPS) is 13.9. The van der Waals surface area contributed by atoms with Crippen LogP contribution < -0.4 is 0 Å². The Balaban J connectivity index is 2.68. The van der Waals surface area contributed by atoms with Gasteiger partial charge in [0.25, 0.3) is 0 Å². The van der Waals surface area contributed by atoms with Crippen LogP contribution in [0.25, 0.3) is 11.2 Å². The second-order valence-electron chi connectivity index (χ2n) is 3.96. The Morgan fingerprint density at radius 2 is 1.36 bits per heavy atom. The van der Waals surface area contributed by atoms with Crippen molar-refractivity contribution in [3.8, 4) is 0 Å². The van der Waals surface area contributed by atoms with Crippen LogP contribution in [0.1, 0.15) is 5.82 Å². The number of imidazole rings is 1. The second kappa shape index (κ2) is 5.00. The van der Waals surface area contributed by atoms with Gasteiger partial charge in [0, 0.05) is 0 Å². The molecule has 2 aromatic rings. The Labute approximate surface area is 131 Å². The van der Waals surface area contributed by atoms with E-state index in [1.165, 1.54) is 0 Å². The lowest BCUT2D eigenvalue weighted by Crippen LogP contribution is -2.50. The number of alkyl halides is 7. The number of hydrogen-bond donors (Lipinski definition) is 1. The van der Waals surface area contributed by atoms with E-state index in [-0.39, 0.29) is 0 Å². The molecule has 0 unspecified atom stereocenters. The Bertz CT molecular complexity index is 740. The van der Waals surface area contributed by atoms with Crippen molar-refractivity contribution in [2.24, 2.45) is 0 Å². The monoisotopic (exact) mass is 389 g/mol. The maximum Gasteiger partial charge on any atom is 0.460 e. The smallest absolute Gasteiger partial charge is 0.334 e. The molecule has 0 aromatic carbocycles. The summed E-state index contributed by atoms with van der Waals surface area (Å²) in [4.78, 5) is 7.84. The molecule has 2 rings (SSSR count). The van der Waals surface area contributed by atoms with Crippen LogP contribution in [0.2, 0.25) is 15.2 Å². The highest BCUT2D eigenvalue weighted by Gasteiger charge is 2.75. The number of halogens is 10. The minimum Gasteiger partial charge on any atom is -0.334 e. The van der Waals surface area contributed by atoms with E-state index in [0.29, 0.717) is 0 Å². The maximum absolute atomic E-state index is 13.5. The molecule has 0 fully saturated rings. The van der Waals surface area contributed by atoms with Crippen LogP contribution in [-0.4, -0.2) is 27.1 Å². The third kappa shape index (κ3) is 2.37. The van der Waals surface area contributed by atoms with Gasteiger partial charge in [-0.2, -0.15) is 30.7 Å². The van der Waals surface area contributed by atoms with Gasteiger partial charge >= 0.3 is 18.0 Å². The van der Waals surface area contributed by atoms with E-state index in [2.05, 4.69) is 9.97 Å². The van der Waals surface area contributed by atoms with Crippen LogP contribution in [0.5, 0.6) is 0 Å². The minimum atomic E-state index is -6.50. The van der Waals surface area contributed by atoms with Crippen molar-refractivity contribution >= 4 is 46.0 Å². The molecule has 0 aliphatic rings. The molecule has 2 heterocycles. The molecular weight excluding hydrogens is 389 g/mol. The Morgan fingerprint density at radius 3 is 1.86 bits per heavy atom. The number of nitrogens with one attached hydrogen (secondary N) is 1. The van der Waals surface area contributed by atoms with Gasteiger partial charge < -0.3 is 4.98 Å². The summed E-state index contributed by atoms with van der Waals surface area (Å²) in [6.07, 6.45) is -6.50. The molecule has 0 spiro atoms. The topological polar surface area (TPSA) is 41.6 Å². The largest absolute Gasteiger partial charge is 0.460 e. The summed E-state index contributed by atoms with van der Waals surface area (Å²) in [5.41, 5.74) is -1.24. The average Bonchev–Trinajstić information content (AvgIpc) is 2.79. The minimum absolute atomic E-state index is 0.406. The molecule has 122 valence electrons. The highest BCUT2D eigenvalue weighted by atomic mass is 35.5. The molecule has 0 radical (unpaired) electrons. The first-order chi connectivity index (χ1) is 9.80. The number of nitrogens with zero attached hydrogens (tertiary/aromatic N) is 2. The predicted octanol–water partition coefficient (Wildman–Crippen LogP) is 5.21. The first-order valence-corrected chi connectivity index (χ1v) is 6.17. The fourth-order valence-corrected chi connectivity index (χ4v) is 2.00. The zero-order chi connectivity index (χ0) is 17.1. The fourth-order valence-electron chi connectivity index (χ4n) is 1.42. The Hall–Kier alpha value is -1.00. The van der Waals surface area contributed by atoms with E-state index in [4.69, 9.17) is 34.8 Å². The number of aromatic nitrogens is 3. The lowest BCUT2D eigenvalue weighted by Gasteiger charge is -2.26. The molecular formula is C9HCl3F7N3. The van der Waals surface area contributed by atoms with Gasteiger partial charge in [0.1, 0.15) is 5.52 Å². The van der Waals surface area contributed by atoms with Gasteiger partial charge in [-0.25, -0.2) is 9.97 Å².